The topological polar surface area (TPSA) is 30.4 Å². The summed E-state index contributed by atoms with van der Waals surface area (Å²) >= 11 is 0. The first kappa shape index (κ1) is 17.4. The average molecular weight is 396 g/mol. The molecule has 0 spiro atoms. The Morgan fingerprint density at radius 1 is 0.645 bits per heavy atom. The fraction of sp³-hybridized carbons (Fsp3) is 0. The van der Waals surface area contributed by atoms with Gasteiger partial charge < -0.3 is 4.42 Å². The lowest BCUT2D eigenvalue weighted by Gasteiger charge is -2.10. The summed E-state index contributed by atoms with van der Waals surface area (Å²) in [5.74, 6) is 0. The Bertz CT molecular complexity index is 1650. The molecule has 0 bridgehead atoms. The molecule has 0 aliphatic heterocycles. The van der Waals surface area contributed by atoms with E-state index in [-0.39, 0.29) is 0 Å². The largest absolute Gasteiger partial charge is 0.456 e. The third-order valence-electron chi connectivity index (χ3n) is 5.74. The van der Waals surface area contributed by atoms with Gasteiger partial charge in [-0.3, -0.25) is 4.98 Å². The van der Waals surface area contributed by atoms with Crippen molar-refractivity contribution in [3.05, 3.63) is 109 Å². The molecule has 0 aliphatic carbocycles. The third kappa shape index (κ3) is 2.78. The molecule has 0 saturated heterocycles. The van der Waals surface area contributed by atoms with Crippen molar-refractivity contribution in [3.63, 3.8) is 0 Å². The van der Waals surface area contributed by atoms with Gasteiger partial charge in [0.1, 0.15) is 11.2 Å². The van der Waals surface area contributed by atoms with Crippen LogP contribution < -0.4 is 0 Å². The second-order valence-corrected chi connectivity index (χ2v) is 7.57. The zero-order valence-electron chi connectivity index (χ0n) is 16.5. The van der Waals surface area contributed by atoms with Crippen LogP contribution in [0.4, 0.5) is 5.69 Å². The molecule has 0 unspecified atom stereocenters. The zero-order valence-corrected chi connectivity index (χ0v) is 16.5. The molecule has 6 aromatic rings. The molecular formula is C28H16N2O. The average Bonchev–Trinajstić information content (AvgIpc) is 3.22. The quantitative estimate of drug-likeness (QED) is 0.277. The fourth-order valence-electron chi connectivity index (χ4n) is 4.34. The van der Waals surface area contributed by atoms with Crippen LogP contribution in [0, 0.1) is 6.57 Å². The second kappa shape index (κ2) is 6.83. The Morgan fingerprint density at radius 2 is 1.42 bits per heavy atom. The summed E-state index contributed by atoms with van der Waals surface area (Å²) in [4.78, 5) is 7.73. The van der Waals surface area contributed by atoms with E-state index in [0.29, 0.717) is 5.69 Å². The molecule has 31 heavy (non-hydrogen) atoms. The van der Waals surface area contributed by atoms with Crippen LogP contribution in [0.5, 0.6) is 0 Å². The molecule has 0 aliphatic rings. The molecule has 0 amide bonds. The van der Waals surface area contributed by atoms with Gasteiger partial charge in [0, 0.05) is 23.2 Å². The zero-order chi connectivity index (χ0) is 20.8. The number of para-hydroxylation sites is 1. The molecule has 0 fully saturated rings. The van der Waals surface area contributed by atoms with Crippen LogP contribution in [0.1, 0.15) is 0 Å². The smallest absolute Gasteiger partial charge is 0.205 e. The van der Waals surface area contributed by atoms with Gasteiger partial charge in [-0.2, -0.15) is 0 Å². The van der Waals surface area contributed by atoms with Crippen LogP contribution in [-0.4, -0.2) is 4.98 Å². The monoisotopic (exact) mass is 396 g/mol. The maximum atomic E-state index is 7.27. The number of furan rings is 1. The van der Waals surface area contributed by atoms with Gasteiger partial charge in [0.15, 0.2) is 0 Å². The van der Waals surface area contributed by atoms with Crippen molar-refractivity contribution < 1.29 is 4.42 Å². The number of pyridine rings is 1. The Hall–Kier alpha value is -4.42. The minimum atomic E-state index is 0.539. The standard InChI is InChI=1S/C28H16N2O/c1-29-21-14-20(16-30-17-21)18-7-6-8-19(13-18)25-15-27-28(23-10-3-2-9-22(23)25)24-11-4-5-12-26(24)31-27/h2-17H. The van der Waals surface area contributed by atoms with E-state index in [1.807, 2.05) is 24.3 Å². The normalized spacial score (nSPS) is 11.2. The lowest BCUT2D eigenvalue weighted by atomic mass is 9.93. The summed E-state index contributed by atoms with van der Waals surface area (Å²) in [6, 6.07) is 29.1. The molecule has 0 N–H and O–H groups in total. The van der Waals surface area contributed by atoms with Crippen LogP contribution in [-0.2, 0) is 0 Å². The SMILES string of the molecule is [C-]#[N+]c1cncc(-c2cccc(-c3cc4oc5ccccc5c4c4ccccc34)c2)c1. The summed E-state index contributed by atoms with van der Waals surface area (Å²) in [7, 11) is 0. The first-order valence-corrected chi connectivity index (χ1v) is 10.1. The van der Waals surface area contributed by atoms with E-state index in [2.05, 4.69) is 70.5 Å². The van der Waals surface area contributed by atoms with Gasteiger partial charge in [-0.05, 0) is 57.3 Å². The van der Waals surface area contributed by atoms with Gasteiger partial charge >= 0.3 is 0 Å². The highest BCUT2D eigenvalue weighted by Gasteiger charge is 2.14. The molecule has 6 rings (SSSR count). The van der Waals surface area contributed by atoms with Gasteiger partial charge in [-0.25, -0.2) is 4.85 Å². The van der Waals surface area contributed by atoms with E-state index in [9.17, 15) is 0 Å². The van der Waals surface area contributed by atoms with Crippen molar-refractivity contribution in [3.8, 4) is 22.3 Å². The Kier molecular flexibility index (Phi) is 3.84. The lowest BCUT2D eigenvalue weighted by molar-refractivity contribution is 0.669. The van der Waals surface area contributed by atoms with Gasteiger partial charge in [0.2, 0.25) is 5.69 Å². The molecule has 144 valence electrons. The maximum Gasteiger partial charge on any atom is 0.205 e. The predicted octanol–water partition coefficient (Wildman–Crippen LogP) is 8.02. The Balaban J connectivity index is 1.63. The molecule has 2 heterocycles. The van der Waals surface area contributed by atoms with Crippen LogP contribution in [0.15, 0.2) is 102 Å². The number of benzene rings is 4. The maximum absolute atomic E-state index is 7.27. The van der Waals surface area contributed by atoms with Crippen molar-refractivity contribution in [2.75, 3.05) is 0 Å². The molecule has 4 aromatic carbocycles. The van der Waals surface area contributed by atoms with E-state index >= 15 is 0 Å². The highest BCUT2D eigenvalue weighted by molar-refractivity contribution is 6.22. The molecular weight excluding hydrogens is 380 g/mol. The highest BCUT2D eigenvalue weighted by atomic mass is 16.3. The highest BCUT2D eigenvalue weighted by Crippen LogP contribution is 2.40. The Morgan fingerprint density at radius 3 is 2.29 bits per heavy atom. The second-order valence-electron chi connectivity index (χ2n) is 7.57. The number of rotatable bonds is 2. The fourth-order valence-corrected chi connectivity index (χ4v) is 4.34. The first-order valence-electron chi connectivity index (χ1n) is 10.1. The van der Waals surface area contributed by atoms with E-state index < -0.39 is 0 Å². The van der Waals surface area contributed by atoms with E-state index in [1.165, 1.54) is 10.8 Å². The van der Waals surface area contributed by atoms with Gasteiger partial charge in [0.05, 0.1) is 6.57 Å². The van der Waals surface area contributed by atoms with Crippen molar-refractivity contribution in [1.29, 1.82) is 0 Å². The van der Waals surface area contributed by atoms with Crippen LogP contribution >= 0.6 is 0 Å². The first-order chi connectivity index (χ1) is 15.3. The minimum Gasteiger partial charge on any atom is -0.456 e. The Labute approximate surface area is 179 Å². The van der Waals surface area contributed by atoms with Crippen molar-refractivity contribution >= 4 is 38.4 Å². The molecule has 3 heteroatoms. The van der Waals surface area contributed by atoms with E-state index in [0.717, 1.165) is 44.2 Å². The summed E-state index contributed by atoms with van der Waals surface area (Å²) in [6.45, 7) is 7.27. The summed E-state index contributed by atoms with van der Waals surface area (Å²) in [6.07, 6.45) is 3.39. The van der Waals surface area contributed by atoms with Crippen molar-refractivity contribution in [2.24, 2.45) is 0 Å². The molecule has 2 aromatic heterocycles. The van der Waals surface area contributed by atoms with Crippen LogP contribution in [0.25, 0.3) is 59.8 Å². The van der Waals surface area contributed by atoms with E-state index in [1.54, 1.807) is 12.4 Å². The summed E-state index contributed by atoms with van der Waals surface area (Å²) in [5, 5.41) is 4.66. The van der Waals surface area contributed by atoms with Crippen LogP contribution in [0.2, 0.25) is 0 Å². The number of fused-ring (bicyclic) bond motifs is 5. The van der Waals surface area contributed by atoms with Crippen molar-refractivity contribution in [1.82, 2.24) is 4.98 Å². The predicted molar refractivity (Wildman–Crippen MR) is 126 cm³/mol. The van der Waals surface area contributed by atoms with Crippen LogP contribution in [0.3, 0.4) is 0 Å². The molecule has 3 nitrogen and oxygen atoms in total. The molecule has 0 saturated carbocycles. The minimum absolute atomic E-state index is 0.539. The molecule has 0 radical (unpaired) electrons. The van der Waals surface area contributed by atoms with Gasteiger partial charge in [-0.1, -0.05) is 60.7 Å². The number of nitrogens with zero attached hydrogens (tertiary/aromatic N) is 2. The van der Waals surface area contributed by atoms with Crippen molar-refractivity contribution in [2.45, 2.75) is 0 Å². The number of hydrogen-bond donors (Lipinski definition) is 0. The van der Waals surface area contributed by atoms with E-state index in [4.69, 9.17) is 11.0 Å². The summed E-state index contributed by atoms with van der Waals surface area (Å²) in [5.41, 5.74) is 6.51. The van der Waals surface area contributed by atoms with Gasteiger partial charge in [-0.15, -0.1) is 0 Å². The lowest BCUT2D eigenvalue weighted by Crippen LogP contribution is -1.85. The number of hydrogen-bond acceptors (Lipinski definition) is 2. The number of aromatic nitrogens is 1. The van der Waals surface area contributed by atoms with Gasteiger partial charge in [0.25, 0.3) is 0 Å². The molecule has 0 atom stereocenters. The summed E-state index contributed by atoms with van der Waals surface area (Å²) < 4.78 is 6.22. The third-order valence-corrected chi connectivity index (χ3v) is 5.74.